The highest BCUT2D eigenvalue weighted by molar-refractivity contribution is 8.74. The summed E-state index contributed by atoms with van der Waals surface area (Å²) in [4.78, 5) is 0. The lowest BCUT2D eigenvalue weighted by molar-refractivity contribution is 0.855. The topological polar surface area (TPSA) is 49.9 Å². The molecule has 2 aliphatic rings. The van der Waals surface area contributed by atoms with Gasteiger partial charge in [0.1, 0.15) is 0 Å². The zero-order valence-corrected chi connectivity index (χ0v) is 5.76. The smallest absolute Gasteiger partial charge is 0.0886 e. The molecule has 2 aliphatic heterocycles. The first-order valence-electron chi connectivity index (χ1n) is 2.32. The SMILES string of the molecule is C1NN1SSN1CN1. The van der Waals surface area contributed by atoms with Gasteiger partial charge < -0.3 is 0 Å². The summed E-state index contributed by atoms with van der Waals surface area (Å²) in [6.45, 7) is 2.04. The van der Waals surface area contributed by atoms with Crippen molar-refractivity contribution in [1.29, 1.82) is 0 Å². The minimum atomic E-state index is 1.02. The van der Waals surface area contributed by atoms with Crippen LogP contribution in [0.2, 0.25) is 0 Å². The third-order valence-electron chi connectivity index (χ3n) is 0.788. The standard InChI is InChI=1S/C2H6N4S2/c1-3-5(1)7-8-6-2-4-6/h3-4H,1-2H2. The molecule has 6 heteroatoms. The van der Waals surface area contributed by atoms with Gasteiger partial charge in [0.25, 0.3) is 0 Å². The molecular formula is C2H6N4S2. The Morgan fingerprint density at radius 1 is 1.00 bits per heavy atom. The quantitative estimate of drug-likeness (QED) is 0.329. The molecule has 0 bridgehead atoms. The molecule has 2 saturated heterocycles. The van der Waals surface area contributed by atoms with Crippen molar-refractivity contribution >= 4 is 22.0 Å². The van der Waals surface area contributed by atoms with E-state index in [-0.39, 0.29) is 0 Å². The van der Waals surface area contributed by atoms with Gasteiger partial charge in [-0.2, -0.15) is 8.83 Å². The third-order valence-corrected chi connectivity index (χ3v) is 3.01. The maximum absolute atomic E-state index is 3.04. The molecule has 0 aromatic rings. The maximum Gasteiger partial charge on any atom is 0.0886 e. The lowest BCUT2D eigenvalue weighted by Crippen LogP contribution is -1.87. The van der Waals surface area contributed by atoms with Crippen LogP contribution >= 0.6 is 22.0 Å². The van der Waals surface area contributed by atoms with Gasteiger partial charge in [0, 0.05) is 22.0 Å². The molecule has 0 aliphatic carbocycles. The molecule has 2 fully saturated rings. The van der Waals surface area contributed by atoms with Crippen LogP contribution in [0.15, 0.2) is 0 Å². The Kier molecular flexibility index (Phi) is 1.37. The summed E-state index contributed by atoms with van der Waals surface area (Å²) >= 11 is 0. The van der Waals surface area contributed by atoms with Crippen molar-refractivity contribution in [1.82, 2.24) is 19.7 Å². The molecule has 2 heterocycles. The molecular weight excluding hydrogens is 144 g/mol. The van der Waals surface area contributed by atoms with Crippen molar-refractivity contribution in [2.24, 2.45) is 0 Å². The summed E-state index contributed by atoms with van der Waals surface area (Å²) in [5, 5.41) is 0. The fourth-order valence-electron chi connectivity index (χ4n) is 0.244. The average Bonchev–Trinajstić information content (AvgIpc) is 2.60. The van der Waals surface area contributed by atoms with Crippen LogP contribution in [0.1, 0.15) is 0 Å². The normalized spacial score (nSPS) is 42.0. The van der Waals surface area contributed by atoms with Crippen molar-refractivity contribution < 1.29 is 0 Å². The monoisotopic (exact) mass is 150 g/mol. The Morgan fingerprint density at radius 2 is 1.38 bits per heavy atom. The first kappa shape index (κ1) is 5.33. The third kappa shape index (κ3) is 1.51. The molecule has 8 heavy (non-hydrogen) atoms. The lowest BCUT2D eigenvalue weighted by Gasteiger charge is -1.92. The summed E-state index contributed by atoms with van der Waals surface area (Å²) < 4.78 is 4.12. The van der Waals surface area contributed by atoms with Gasteiger partial charge in [-0.05, 0) is 0 Å². The van der Waals surface area contributed by atoms with Crippen molar-refractivity contribution in [2.45, 2.75) is 0 Å². The van der Waals surface area contributed by atoms with Gasteiger partial charge in [-0.3, -0.25) is 0 Å². The lowest BCUT2D eigenvalue weighted by atomic mass is 11.4. The van der Waals surface area contributed by atoms with E-state index in [0.717, 1.165) is 13.3 Å². The van der Waals surface area contributed by atoms with E-state index < -0.39 is 0 Å². The van der Waals surface area contributed by atoms with E-state index in [1.165, 1.54) is 0 Å². The molecule has 0 aromatic heterocycles. The zero-order valence-electron chi connectivity index (χ0n) is 4.13. The second kappa shape index (κ2) is 2.05. The second-order valence-corrected chi connectivity index (χ2v) is 3.61. The summed E-state index contributed by atoms with van der Waals surface area (Å²) in [5.74, 6) is 0. The van der Waals surface area contributed by atoms with E-state index in [4.69, 9.17) is 0 Å². The molecule has 0 saturated carbocycles. The first-order valence-corrected chi connectivity index (χ1v) is 4.38. The Labute approximate surface area is 55.6 Å². The van der Waals surface area contributed by atoms with Crippen LogP contribution in [0, 0.1) is 0 Å². The Bertz CT molecular complexity index is 78.0. The van der Waals surface area contributed by atoms with E-state index in [1.54, 1.807) is 22.0 Å². The van der Waals surface area contributed by atoms with E-state index in [2.05, 4.69) is 19.7 Å². The Morgan fingerprint density at radius 3 is 1.62 bits per heavy atom. The second-order valence-electron chi connectivity index (χ2n) is 1.54. The number of hydrogen-bond acceptors (Lipinski definition) is 6. The molecule has 0 spiro atoms. The molecule has 46 valence electrons. The Hall–Kier alpha value is 0.540. The zero-order chi connectivity index (χ0) is 5.40. The summed E-state index contributed by atoms with van der Waals surface area (Å²) in [5.41, 5.74) is 6.08. The van der Waals surface area contributed by atoms with Gasteiger partial charge in [0.15, 0.2) is 0 Å². The van der Waals surface area contributed by atoms with Crippen LogP contribution in [0.3, 0.4) is 0 Å². The molecule has 4 nitrogen and oxygen atoms in total. The van der Waals surface area contributed by atoms with Crippen LogP contribution in [-0.2, 0) is 0 Å². The molecule has 0 radical (unpaired) electrons. The van der Waals surface area contributed by atoms with Crippen LogP contribution < -0.4 is 10.9 Å². The highest BCUT2D eigenvalue weighted by Gasteiger charge is 2.23. The van der Waals surface area contributed by atoms with Crippen LogP contribution in [-0.4, -0.2) is 22.2 Å². The van der Waals surface area contributed by atoms with Crippen molar-refractivity contribution in [2.75, 3.05) is 13.3 Å². The molecule has 0 amide bonds. The van der Waals surface area contributed by atoms with Crippen LogP contribution in [0.5, 0.6) is 0 Å². The summed E-state index contributed by atoms with van der Waals surface area (Å²) in [6.07, 6.45) is 0. The molecule has 0 aromatic carbocycles. The number of rotatable bonds is 3. The summed E-state index contributed by atoms with van der Waals surface area (Å²) in [6, 6.07) is 0. The fraction of sp³-hybridized carbons (Fsp3) is 1.00. The van der Waals surface area contributed by atoms with Gasteiger partial charge in [-0.25, -0.2) is 10.9 Å². The van der Waals surface area contributed by atoms with Crippen molar-refractivity contribution in [3.05, 3.63) is 0 Å². The number of hydrogen-bond donors (Lipinski definition) is 2. The van der Waals surface area contributed by atoms with E-state index in [0.29, 0.717) is 0 Å². The van der Waals surface area contributed by atoms with Gasteiger partial charge in [0.05, 0.1) is 13.3 Å². The Balaban J connectivity index is 1.56. The number of hydrazine groups is 2. The summed E-state index contributed by atoms with van der Waals surface area (Å²) in [7, 11) is 3.43. The number of nitrogens with one attached hydrogen (secondary N) is 2. The van der Waals surface area contributed by atoms with Gasteiger partial charge >= 0.3 is 0 Å². The maximum atomic E-state index is 3.04. The highest BCUT2D eigenvalue weighted by Crippen LogP contribution is 2.32. The highest BCUT2D eigenvalue weighted by atomic mass is 33.1. The average molecular weight is 150 g/mol. The van der Waals surface area contributed by atoms with Gasteiger partial charge in [-0.15, -0.1) is 0 Å². The predicted octanol–water partition coefficient (Wildman–Crippen LogP) is -0.247. The van der Waals surface area contributed by atoms with Crippen molar-refractivity contribution in [3.63, 3.8) is 0 Å². The largest absolute Gasteiger partial charge is 0.227 e. The molecule has 2 rings (SSSR count). The fourth-order valence-corrected chi connectivity index (χ4v) is 1.85. The van der Waals surface area contributed by atoms with E-state index in [1.807, 2.05) is 0 Å². The number of nitrogens with zero attached hydrogens (tertiary/aromatic N) is 2. The first-order chi connectivity index (χ1) is 3.95. The molecule has 2 N–H and O–H groups in total. The minimum absolute atomic E-state index is 1.02. The van der Waals surface area contributed by atoms with Gasteiger partial charge in [-0.1, -0.05) is 0 Å². The van der Waals surface area contributed by atoms with E-state index >= 15 is 0 Å². The minimum Gasteiger partial charge on any atom is -0.227 e. The molecule has 2 unspecified atom stereocenters. The van der Waals surface area contributed by atoms with Gasteiger partial charge in [0.2, 0.25) is 0 Å². The van der Waals surface area contributed by atoms with Crippen molar-refractivity contribution in [3.8, 4) is 0 Å². The van der Waals surface area contributed by atoms with Crippen LogP contribution in [0.25, 0.3) is 0 Å². The van der Waals surface area contributed by atoms with E-state index in [9.17, 15) is 0 Å². The van der Waals surface area contributed by atoms with Crippen LogP contribution in [0.4, 0.5) is 0 Å². The predicted molar refractivity (Wildman–Crippen MR) is 34.9 cm³/mol. The molecule has 2 atom stereocenters.